The van der Waals surface area contributed by atoms with Crippen LogP contribution >= 0.6 is 0 Å². The van der Waals surface area contributed by atoms with Crippen LogP contribution in [0.4, 0.5) is 0 Å². The molecule has 0 unspecified atom stereocenters. The Balaban J connectivity index is 1.77. The summed E-state index contributed by atoms with van der Waals surface area (Å²) in [5.74, 6) is 1.05. The van der Waals surface area contributed by atoms with Crippen molar-refractivity contribution in [3.63, 3.8) is 0 Å². The van der Waals surface area contributed by atoms with Crippen LogP contribution in [0, 0.1) is 0 Å². The van der Waals surface area contributed by atoms with Crippen LogP contribution in [0.1, 0.15) is 79.9 Å². The third kappa shape index (κ3) is 3.69. The Morgan fingerprint density at radius 2 is 1.77 bits per heavy atom. The second kappa shape index (κ2) is 8.52. The van der Waals surface area contributed by atoms with E-state index in [4.69, 9.17) is 0 Å². The van der Waals surface area contributed by atoms with Gasteiger partial charge in [-0.05, 0) is 25.3 Å². The smallest absolute Gasteiger partial charge is 0.257 e. The molecule has 0 N–H and O–H groups in total. The molecule has 2 heterocycles. The molecule has 3 rings (SSSR count). The van der Waals surface area contributed by atoms with E-state index >= 15 is 0 Å². The molecule has 1 aromatic carbocycles. The molecule has 0 radical (unpaired) electrons. The van der Waals surface area contributed by atoms with Crippen LogP contribution in [0.3, 0.4) is 0 Å². The molecular formula is C22H31N3O. The van der Waals surface area contributed by atoms with E-state index in [9.17, 15) is 4.79 Å². The molecule has 2 aromatic rings. The van der Waals surface area contributed by atoms with E-state index in [1.54, 1.807) is 6.20 Å². The highest BCUT2D eigenvalue weighted by molar-refractivity contribution is 5.96. The van der Waals surface area contributed by atoms with Gasteiger partial charge >= 0.3 is 0 Å². The van der Waals surface area contributed by atoms with Gasteiger partial charge in [-0.25, -0.2) is 0 Å². The predicted octanol–water partition coefficient (Wildman–Crippen LogP) is 4.83. The Morgan fingerprint density at radius 1 is 1.12 bits per heavy atom. The van der Waals surface area contributed by atoms with Crippen LogP contribution in [0.5, 0.6) is 0 Å². The molecular weight excluding hydrogens is 322 g/mol. The van der Waals surface area contributed by atoms with E-state index in [-0.39, 0.29) is 5.91 Å². The Morgan fingerprint density at radius 3 is 2.35 bits per heavy atom. The van der Waals surface area contributed by atoms with Crippen molar-refractivity contribution in [3.05, 3.63) is 53.3 Å². The van der Waals surface area contributed by atoms with Crippen molar-refractivity contribution in [2.24, 2.45) is 0 Å². The number of rotatable bonds is 8. The van der Waals surface area contributed by atoms with Crippen molar-refractivity contribution in [1.29, 1.82) is 0 Å². The van der Waals surface area contributed by atoms with Crippen LogP contribution in [-0.4, -0.2) is 33.7 Å². The Bertz CT molecular complexity index is 710. The minimum Gasteiger partial charge on any atom is -0.337 e. The number of likely N-dealkylation sites (tertiary alicyclic amines) is 1. The first kappa shape index (κ1) is 18.7. The van der Waals surface area contributed by atoms with Crippen molar-refractivity contribution in [3.8, 4) is 0 Å². The van der Waals surface area contributed by atoms with Crippen LogP contribution in [0.15, 0.2) is 36.5 Å². The molecule has 1 saturated heterocycles. The number of amides is 1. The van der Waals surface area contributed by atoms with Gasteiger partial charge in [0.05, 0.1) is 17.5 Å². The minimum absolute atomic E-state index is 0.157. The Labute approximate surface area is 157 Å². The lowest BCUT2D eigenvalue weighted by Crippen LogP contribution is -2.48. The number of aromatic nitrogens is 2. The summed E-state index contributed by atoms with van der Waals surface area (Å²) in [6.07, 6.45) is 6.30. The largest absolute Gasteiger partial charge is 0.337 e. The summed E-state index contributed by atoms with van der Waals surface area (Å²) in [4.78, 5) is 15.1. The molecule has 0 saturated carbocycles. The monoisotopic (exact) mass is 353 g/mol. The first-order chi connectivity index (χ1) is 12.7. The molecule has 1 aromatic heterocycles. The maximum Gasteiger partial charge on any atom is 0.257 e. The standard InChI is InChI=1S/C22H31N3O/c1-4-10-18(11-5-2)21-20(14-23-25(21)6-3)22(26)24-15-19(16-24)17-12-8-7-9-13-17/h7-9,12-14,18-19H,4-6,10-11,15-16H2,1-3H3. The summed E-state index contributed by atoms with van der Waals surface area (Å²) >= 11 is 0. The van der Waals surface area contributed by atoms with Gasteiger partial charge < -0.3 is 4.90 Å². The molecule has 26 heavy (non-hydrogen) atoms. The zero-order valence-corrected chi connectivity index (χ0v) is 16.3. The van der Waals surface area contributed by atoms with Crippen LogP contribution in [0.25, 0.3) is 0 Å². The van der Waals surface area contributed by atoms with Gasteiger partial charge in [0.25, 0.3) is 5.91 Å². The van der Waals surface area contributed by atoms with Gasteiger partial charge in [0.1, 0.15) is 0 Å². The maximum absolute atomic E-state index is 13.1. The number of carbonyl (C=O) groups excluding carboxylic acids is 1. The lowest BCUT2D eigenvalue weighted by atomic mass is 9.89. The van der Waals surface area contributed by atoms with E-state index in [0.29, 0.717) is 11.8 Å². The Hall–Kier alpha value is -2.10. The van der Waals surface area contributed by atoms with E-state index in [1.807, 2.05) is 15.6 Å². The fraction of sp³-hybridized carbons (Fsp3) is 0.545. The lowest BCUT2D eigenvalue weighted by Gasteiger charge is -2.39. The van der Waals surface area contributed by atoms with Crippen molar-refractivity contribution in [1.82, 2.24) is 14.7 Å². The van der Waals surface area contributed by atoms with E-state index in [1.165, 1.54) is 5.56 Å². The second-order valence-corrected chi connectivity index (χ2v) is 7.35. The highest BCUT2D eigenvalue weighted by Gasteiger charge is 2.35. The second-order valence-electron chi connectivity index (χ2n) is 7.35. The number of hydrogen-bond acceptors (Lipinski definition) is 2. The summed E-state index contributed by atoms with van der Waals surface area (Å²) in [5, 5.41) is 4.53. The molecule has 1 fully saturated rings. The quantitative estimate of drug-likeness (QED) is 0.682. The third-order valence-corrected chi connectivity index (χ3v) is 5.51. The summed E-state index contributed by atoms with van der Waals surface area (Å²) in [6, 6.07) is 10.5. The fourth-order valence-electron chi connectivity index (χ4n) is 4.11. The van der Waals surface area contributed by atoms with Gasteiger partial charge in [-0.2, -0.15) is 5.10 Å². The first-order valence-electron chi connectivity index (χ1n) is 10.1. The van der Waals surface area contributed by atoms with Gasteiger partial charge in [-0.15, -0.1) is 0 Å². The average molecular weight is 354 g/mol. The van der Waals surface area contributed by atoms with Crippen LogP contribution in [-0.2, 0) is 6.54 Å². The third-order valence-electron chi connectivity index (χ3n) is 5.51. The zero-order valence-electron chi connectivity index (χ0n) is 16.3. The summed E-state index contributed by atoms with van der Waals surface area (Å²) in [5.41, 5.74) is 3.31. The van der Waals surface area contributed by atoms with E-state index < -0.39 is 0 Å². The van der Waals surface area contributed by atoms with Gasteiger partial charge in [0.2, 0.25) is 0 Å². The molecule has 0 aliphatic carbocycles. The van der Waals surface area contributed by atoms with Gasteiger partial charge in [0, 0.05) is 31.5 Å². The van der Waals surface area contributed by atoms with Crippen molar-refractivity contribution < 1.29 is 4.79 Å². The lowest BCUT2D eigenvalue weighted by molar-refractivity contribution is 0.0600. The fourth-order valence-corrected chi connectivity index (χ4v) is 4.11. The summed E-state index contributed by atoms with van der Waals surface area (Å²) < 4.78 is 2.04. The van der Waals surface area contributed by atoms with E-state index in [0.717, 1.165) is 56.6 Å². The van der Waals surface area contributed by atoms with Crippen LogP contribution < -0.4 is 0 Å². The van der Waals surface area contributed by atoms with Crippen molar-refractivity contribution in [2.45, 2.75) is 64.8 Å². The first-order valence-corrected chi connectivity index (χ1v) is 10.1. The zero-order chi connectivity index (χ0) is 18.5. The highest BCUT2D eigenvalue weighted by Crippen LogP contribution is 2.33. The molecule has 4 heteroatoms. The van der Waals surface area contributed by atoms with Crippen molar-refractivity contribution >= 4 is 5.91 Å². The average Bonchev–Trinajstić information content (AvgIpc) is 3.05. The van der Waals surface area contributed by atoms with Crippen molar-refractivity contribution in [2.75, 3.05) is 13.1 Å². The SMILES string of the molecule is CCCC(CCC)c1c(C(=O)N2CC(c3ccccc3)C2)cnn1CC. The molecule has 1 aliphatic heterocycles. The van der Waals surface area contributed by atoms with Gasteiger partial charge in [0.15, 0.2) is 0 Å². The summed E-state index contributed by atoms with van der Waals surface area (Å²) in [7, 11) is 0. The molecule has 0 atom stereocenters. The Kier molecular flexibility index (Phi) is 6.12. The molecule has 1 amide bonds. The number of hydrogen-bond donors (Lipinski definition) is 0. The topological polar surface area (TPSA) is 38.1 Å². The number of nitrogens with zero attached hydrogens (tertiary/aromatic N) is 3. The molecule has 4 nitrogen and oxygen atoms in total. The van der Waals surface area contributed by atoms with Crippen LogP contribution in [0.2, 0.25) is 0 Å². The summed E-state index contributed by atoms with van der Waals surface area (Å²) in [6.45, 7) is 8.99. The highest BCUT2D eigenvalue weighted by atomic mass is 16.2. The molecule has 1 aliphatic rings. The predicted molar refractivity (Wildman–Crippen MR) is 106 cm³/mol. The van der Waals surface area contributed by atoms with Gasteiger partial charge in [-0.3, -0.25) is 9.48 Å². The van der Waals surface area contributed by atoms with Gasteiger partial charge in [-0.1, -0.05) is 57.0 Å². The number of carbonyl (C=O) groups is 1. The molecule has 0 spiro atoms. The molecule has 0 bridgehead atoms. The normalized spacial score (nSPS) is 14.7. The molecule has 140 valence electrons. The van der Waals surface area contributed by atoms with E-state index in [2.05, 4.69) is 50.1 Å². The number of benzene rings is 1. The maximum atomic E-state index is 13.1. The minimum atomic E-state index is 0.157. The number of aryl methyl sites for hydroxylation is 1.